The standard InChI is InChI=1S/C49H76BrN13O12S/c50-35-12-6-33(7-13-35)28-63(19-2-1-3-38(46(71)72)59-48(75)60-39(47(73)74)16-17-44(68)69)45(70)34-10-4-32(5-11-34)24-57-49(76)58-36-14-8-31(9-15-36)23-37(25-56-27-41(52)65)62(30-43(54)67)22-21-61(29-42(53)66)20-18-55-26-40(51)64/h6-9,12-15,32,34,37-39,41,55-56,65H,1-5,10-11,16-30,52H2,(H2,51,64)(H2,53,66)(H2,54,67)(H,68,69)(H,71,72)(H,73,74)(H2,57,58,76)(H2,59,60,75)/t32?,34?,37?,38-,39-,41?/m1/s1. The average Bonchev–Trinajstić information content (AvgIpc) is 3.35. The lowest BCUT2D eigenvalue weighted by atomic mass is 9.81. The van der Waals surface area contributed by atoms with Crippen LogP contribution in [0.1, 0.15) is 68.9 Å². The zero-order valence-electron chi connectivity index (χ0n) is 42.6. The lowest BCUT2D eigenvalue weighted by Crippen LogP contribution is -2.51. The van der Waals surface area contributed by atoms with Gasteiger partial charge in [-0.05, 0) is 111 Å². The number of hydrogen-bond acceptors (Lipinski definition) is 15. The van der Waals surface area contributed by atoms with Gasteiger partial charge in [0.2, 0.25) is 23.6 Å². The lowest BCUT2D eigenvalue weighted by molar-refractivity contribution is -0.141. The number of carbonyl (C=O) groups is 8. The molecule has 25 nitrogen and oxygen atoms in total. The SMILES string of the molecule is NC(=O)CNCCN(CCN(CC(N)=O)C(CNCC(N)O)Cc1ccc(NC(=S)NCC2CCC(C(=O)N(CCCC[C@@H](NC(=O)N[C@H](CCC(=O)O)C(=O)O)C(=O)O)Cc3ccc(Br)cc3)CC2)cc1)CC(N)=O. The molecule has 422 valence electrons. The zero-order chi connectivity index (χ0) is 56.2. The molecule has 76 heavy (non-hydrogen) atoms. The van der Waals surface area contributed by atoms with Crippen LogP contribution in [0.3, 0.4) is 0 Å². The summed E-state index contributed by atoms with van der Waals surface area (Å²) in [6.45, 7) is 2.97. The van der Waals surface area contributed by atoms with Gasteiger partial charge >= 0.3 is 23.9 Å². The molecular formula is C49H76BrN13O12S. The molecule has 0 aliphatic heterocycles. The first-order chi connectivity index (χ1) is 36.1. The van der Waals surface area contributed by atoms with E-state index in [1.807, 2.05) is 53.4 Å². The van der Waals surface area contributed by atoms with Gasteiger partial charge in [-0.3, -0.25) is 33.8 Å². The Morgan fingerprint density at radius 3 is 1.92 bits per heavy atom. The number of nitrogens with two attached hydrogens (primary N) is 4. The molecule has 0 aromatic heterocycles. The highest BCUT2D eigenvalue weighted by atomic mass is 79.9. The van der Waals surface area contributed by atoms with E-state index in [1.165, 1.54) is 0 Å². The summed E-state index contributed by atoms with van der Waals surface area (Å²) < 4.78 is 0.885. The molecule has 2 unspecified atom stereocenters. The fourth-order valence-corrected chi connectivity index (χ4v) is 9.14. The molecule has 1 aliphatic carbocycles. The van der Waals surface area contributed by atoms with E-state index in [0.29, 0.717) is 89.6 Å². The quantitative estimate of drug-likeness (QED) is 0.0225. The van der Waals surface area contributed by atoms with Crippen LogP contribution in [0.4, 0.5) is 10.5 Å². The first kappa shape index (κ1) is 64.2. The molecule has 18 N–H and O–H groups in total. The highest BCUT2D eigenvalue weighted by Crippen LogP contribution is 2.31. The van der Waals surface area contributed by atoms with Gasteiger partial charge < -0.3 is 80.2 Å². The molecule has 3 rings (SSSR count). The second-order valence-electron chi connectivity index (χ2n) is 18.9. The van der Waals surface area contributed by atoms with Gasteiger partial charge in [0.15, 0.2) is 5.11 Å². The Hall–Kier alpha value is -6.07. The van der Waals surface area contributed by atoms with Crippen LogP contribution in [0.2, 0.25) is 0 Å². The van der Waals surface area contributed by atoms with E-state index >= 15 is 0 Å². The second kappa shape index (κ2) is 34.6. The topological polar surface area (TPSA) is 403 Å². The summed E-state index contributed by atoms with van der Waals surface area (Å²) in [5.74, 6) is -5.61. The van der Waals surface area contributed by atoms with E-state index in [0.717, 1.165) is 34.1 Å². The third-order valence-electron chi connectivity index (χ3n) is 12.6. The van der Waals surface area contributed by atoms with Crippen LogP contribution in [0, 0.1) is 11.8 Å². The van der Waals surface area contributed by atoms with Crippen LogP contribution in [-0.2, 0) is 46.5 Å². The molecule has 27 heteroatoms. The smallest absolute Gasteiger partial charge is 0.326 e. The molecule has 0 spiro atoms. The molecule has 4 atom stereocenters. The van der Waals surface area contributed by atoms with Crippen molar-refractivity contribution in [1.82, 2.24) is 41.3 Å². The summed E-state index contributed by atoms with van der Waals surface area (Å²) in [5.41, 5.74) is 24.6. The highest BCUT2D eigenvalue weighted by Gasteiger charge is 2.31. The van der Waals surface area contributed by atoms with E-state index < -0.39 is 66.4 Å². The third kappa shape index (κ3) is 26.6. The number of carboxylic acids is 3. The molecule has 2 aromatic carbocycles. The molecule has 0 heterocycles. The molecule has 6 amide bonds. The van der Waals surface area contributed by atoms with Crippen molar-refractivity contribution in [2.75, 3.05) is 77.3 Å². The predicted molar refractivity (Wildman–Crippen MR) is 290 cm³/mol. The van der Waals surface area contributed by atoms with Crippen LogP contribution in [0.15, 0.2) is 53.0 Å². The summed E-state index contributed by atoms with van der Waals surface area (Å²) in [7, 11) is 0. The Kier molecular flexibility index (Phi) is 29.2. The Balaban J connectivity index is 1.56. The first-order valence-electron chi connectivity index (χ1n) is 25.2. The van der Waals surface area contributed by atoms with E-state index in [2.05, 4.69) is 47.8 Å². The van der Waals surface area contributed by atoms with Crippen molar-refractivity contribution in [1.29, 1.82) is 0 Å². The minimum absolute atomic E-state index is 0.00121. The number of carbonyl (C=O) groups excluding carboxylic acids is 5. The number of benzene rings is 2. The Morgan fingerprint density at radius 1 is 0.724 bits per heavy atom. The van der Waals surface area contributed by atoms with Crippen molar-refractivity contribution in [2.45, 2.75) is 95.1 Å². The third-order valence-corrected chi connectivity index (χ3v) is 13.4. The molecule has 1 fully saturated rings. The number of amides is 6. The van der Waals surface area contributed by atoms with Crippen molar-refractivity contribution >= 4 is 86.5 Å². The molecule has 0 saturated heterocycles. The van der Waals surface area contributed by atoms with Crippen molar-refractivity contribution in [3.8, 4) is 0 Å². The number of rotatable bonds is 37. The van der Waals surface area contributed by atoms with E-state index in [9.17, 15) is 53.7 Å². The number of aliphatic carboxylic acids is 3. The van der Waals surface area contributed by atoms with Crippen molar-refractivity contribution in [2.24, 2.45) is 34.8 Å². The summed E-state index contributed by atoms with van der Waals surface area (Å²) in [5, 5.41) is 55.2. The lowest BCUT2D eigenvalue weighted by Gasteiger charge is -2.33. The summed E-state index contributed by atoms with van der Waals surface area (Å²) in [6, 6.07) is 11.0. The number of primary amides is 3. The largest absolute Gasteiger partial charge is 0.481 e. The van der Waals surface area contributed by atoms with Crippen LogP contribution in [-0.4, -0.2) is 184 Å². The number of thiocarbonyl (C=S) groups is 1. The van der Waals surface area contributed by atoms with Gasteiger partial charge in [-0.15, -0.1) is 0 Å². The Morgan fingerprint density at radius 2 is 1.34 bits per heavy atom. The number of carboxylic acid groups (broad SMARTS) is 3. The van der Waals surface area contributed by atoms with Gasteiger partial charge in [-0.2, -0.15) is 0 Å². The number of hydrogen-bond donors (Lipinski definition) is 14. The zero-order valence-corrected chi connectivity index (χ0v) is 45.0. The molecule has 0 bridgehead atoms. The van der Waals surface area contributed by atoms with Gasteiger partial charge in [-0.25, -0.2) is 14.4 Å². The monoisotopic (exact) mass is 1150 g/mol. The fourth-order valence-electron chi connectivity index (χ4n) is 8.68. The number of aliphatic hydroxyl groups excluding tert-OH is 1. The molecule has 1 saturated carbocycles. The summed E-state index contributed by atoms with van der Waals surface area (Å²) in [4.78, 5) is 102. The average molecular weight is 1150 g/mol. The van der Waals surface area contributed by atoms with Crippen molar-refractivity contribution in [3.63, 3.8) is 0 Å². The van der Waals surface area contributed by atoms with E-state index in [-0.39, 0.29) is 62.8 Å². The van der Waals surface area contributed by atoms with Crippen LogP contribution >= 0.6 is 28.1 Å². The number of nitrogens with one attached hydrogen (secondary N) is 6. The van der Waals surface area contributed by atoms with Crippen molar-refractivity contribution in [3.05, 3.63) is 64.1 Å². The fraction of sp³-hybridized carbons (Fsp3) is 0.571. The van der Waals surface area contributed by atoms with Gasteiger partial charge in [0.1, 0.15) is 18.3 Å². The van der Waals surface area contributed by atoms with Gasteiger partial charge in [0.25, 0.3) is 0 Å². The first-order valence-corrected chi connectivity index (χ1v) is 26.4. The number of unbranched alkanes of at least 4 members (excludes halogenated alkanes) is 1. The maximum absolute atomic E-state index is 14.1. The number of halogens is 1. The van der Waals surface area contributed by atoms with Crippen molar-refractivity contribution < 1.29 is 58.8 Å². The van der Waals surface area contributed by atoms with Gasteiger partial charge in [-0.1, -0.05) is 40.2 Å². The van der Waals surface area contributed by atoms with Gasteiger partial charge in [0.05, 0.1) is 19.6 Å². The predicted octanol–water partition coefficient (Wildman–Crippen LogP) is -0.761. The number of anilines is 1. The minimum Gasteiger partial charge on any atom is -0.481 e. The molecule has 2 aromatic rings. The van der Waals surface area contributed by atoms with E-state index in [1.54, 1.807) is 9.80 Å². The highest BCUT2D eigenvalue weighted by molar-refractivity contribution is 9.10. The Labute approximate surface area is 456 Å². The second-order valence-corrected chi connectivity index (χ2v) is 20.2. The molecule has 1 aliphatic rings. The minimum atomic E-state index is -1.52. The van der Waals surface area contributed by atoms with Gasteiger partial charge in [0, 0.05) is 87.4 Å². The number of nitrogens with zero attached hydrogens (tertiary/aromatic N) is 3. The Bertz CT molecular complexity index is 2210. The summed E-state index contributed by atoms with van der Waals surface area (Å²) in [6.07, 6.45) is 2.11. The van der Waals surface area contributed by atoms with Crippen LogP contribution < -0.4 is 54.8 Å². The van der Waals surface area contributed by atoms with Crippen LogP contribution in [0.25, 0.3) is 0 Å². The molecule has 0 radical (unpaired) electrons. The number of urea groups is 1. The number of aliphatic hydroxyl groups is 1. The van der Waals surface area contributed by atoms with E-state index in [4.69, 9.17) is 40.3 Å². The molecular weight excluding hydrogens is 1070 g/mol. The maximum atomic E-state index is 14.1. The maximum Gasteiger partial charge on any atom is 0.326 e. The summed E-state index contributed by atoms with van der Waals surface area (Å²) >= 11 is 9.10. The normalized spacial score (nSPS) is 15.9. The van der Waals surface area contributed by atoms with Crippen LogP contribution in [0.5, 0.6) is 0 Å².